The van der Waals surface area contributed by atoms with Crippen molar-refractivity contribution in [3.05, 3.63) is 47.3 Å². The molecule has 0 atom stereocenters. The summed E-state index contributed by atoms with van der Waals surface area (Å²) >= 11 is 0.937. The molecule has 0 fully saturated rings. The molecule has 0 unspecified atom stereocenters. The number of thiophene rings is 1. The summed E-state index contributed by atoms with van der Waals surface area (Å²) in [6.45, 7) is 0.583. The highest BCUT2D eigenvalue weighted by molar-refractivity contribution is 7.18. The quantitative estimate of drug-likeness (QED) is 0.673. The van der Waals surface area contributed by atoms with Crippen molar-refractivity contribution in [1.29, 1.82) is 0 Å². The minimum Gasteiger partial charge on any atom is -0.329 e. The molecule has 0 radical (unpaired) electrons. The van der Waals surface area contributed by atoms with Crippen molar-refractivity contribution in [3.63, 3.8) is 0 Å². The third-order valence-electron chi connectivity index (χ3n) is 3.52. The Labute approximate surface area is 159 Å². The van der Waals surface area contributed by atoms with E-state index in [1.807, 2.05) is 13.0 Å². The number of halogens is 3. The molecule has 1 aromatic carbocycles. The van der Waals surface area contributed by atoms with Crippen LogP contribution in [-0.2, 0) is 0 Å². The molecule has 5 nitrogen and oxygen atoms in total. The largest absolute Gasteiger partial charge is 0.406 e. The number of anilines is 2. The second-order valence-electron chi connectivity index (χ2n) is 5.80. The van der Waals surface area contributed by atoms with Gasteiger partial charge in [0.05, 0.1) is 9.88 Å². The van der Waals surface area contributed by atoms with Gasteiger partial charge in [-0.2, -0.15) is 13.2 Å². The maximum absolute atomic E-state index is 12.7. The highest BCUT2D eigenvalue weighted by atomic mass is 32.1. The summed E-state index contributed by atoms with van der Waals surface area (Å²) in [6, 6.07) is 11.2. The molecule has 0 aliphatic carbocycles. The van der Waals surface area contributed by atoms with Crippen LogP contribution in [0.4, 0.5) is 28.7 Å². The van der Waals surface area contributed by atoms with Crippen molar-refractivity contribution in [1.82, 2.24) is 4.90 Å². The zero-order valence-corrected chi connectivity index (χ0v) is 15.5. The van der Waals surface area contributed by atoms with Crippen LogP contribution in [0.2, 0.25) is 0 Å². The van der Waals surface area contributed by atoms with Gasteiger partial charge in [0.1, 0.15) is 6.54 Å². The van der Waals surface area contributed by atoms with Gasteiger partial charge in [0.2, 0.25) is 0 Å². The van der Waals surface area contributed by atoms with Crippen LogP contribution in [0.15, 0.2) is 42.5 Å². The summed E-state index contributed by atoms with van der Waals surface area (Å²) in [7, 11) is 0. The highest BCUT2D eigenvalue weighted by Gasteiger charge is 2.33. The molecule has 0 aliphatic heterocycles. The summed E-state index contributed by atoms with van der Waals surface area (Å²) in [5, 5.41) is 5.56. The molecule has 146 valence electrons. The number of carbonyl (C=O) groups excluding carboxylic acids is 2. The van der Waals surface area contributed by atoms with E-state index in [0.717, 1.165) is 16.2 Å². The number of alkyl halides is 3. The van der Waals surface area contributed by atoms with Crippen LogP contribution in [0.5, 0.6) is 0 Å². The van der Waals surface area contributed by atoms with Crippen molar-refractivity contribution in [2.24, 2.45) is 0 Å². The Morgan fingerprint density at radius 3 is 2.41 bits per heavy atom. The molecule has 0 bridgehead atoms. The topological polar surface area (TPSA) is 61.4 Å². The first-order chi connectivity index (χ1) is 12.8. The number of para-hydroxylation sites is 1. The SMILES string of the molecule is CCCCN(CC(F)(F)F)C(=O)c1ccc(NC(=O)Nc2ccccc2)s1. The molecule has 0 spiro atoms. The number of unbranched alkanes of at least 4 members (excludes halogenated alkanes) is 1. The summed E-state index contributed by atoms with van der Waals surface area (Å²) < 4.78 is 38.2. The smallest absolute Gasteiger partial charge is 0.329 e. The Balaban J connectivity index is 2.01. The first kappa shape index (κ1) is 20.8. The summed E-state index contributed by atoms with van der Waals surface area (Å²) in [5.74, 6) is -0.692. The minimum atomic E-state index is -4.46. The number of urea groups is 1. The molecule has 9 heteroatoms. The number of nitrogens with zero attached hydrogens (tertiary/aromatic N) is 1. The fourth-order valence-corrected chi connectivity index (χ4v) is 3.16. The van der Waals surface area contributed by atoms with Gasteiger partial charge < -0.3 is 10.2 Å². The minimum absolute atomic E-state index is 0.0317. The summed E-state index contributed by atoms with van der Waals surface area (Å²) in [5.41, 5.74) is 0.596. The third kappa shape index (κ3) is 6.93. The van der Waals surface area contributed by atoms with Crippen LogP contribution in [0.25, 0.3) is 0 Å². The number of rotatable bonds is 7. The van der Waals surface area contributed by atoms with Gasteiger partial charge >= 0.3 is 12.2 Å². The van der Waals surface area contributed by atoms with Gasteiger partial charge in [0.25, 0.3) is 5.91 Å². The lowest BCUT2D eigenvalue weighted by molar-refractivity contribution is -0.140. The second kappa shape index (κ2) is 9.40. The number of nitrogens with one attached hydrogen (secondary N) is 2. The molecule has 1 heterocycles. The van der Waals surface area contributed by atoms with Crippen LogP contribution in [0.3, 0.4) is 0 Å². The van der Waals surface area contributed by atoms with E-state index in [0.29, 0.717) is 23.5 Å². The first-order valence-electron chi connectivity index (χ1n) is 8.37. The molecule has 0 saturated carbocycles. The Morgan fingerprint density at radius 1 is 1.07 bits per heavy atom. The lowest BCUT2D eigenvalue weighted by atomic mass is 10.3. The number of benzene rings is 1. The third-order valence-corrected chi connectivity index (χ3v) is 4.51. The molecule has 3 amide bonds. The standard InChI is InChI=1S/C18H20F3N3O2S/c1-2-3-11-24(12-18(19,20)21)16(25)14-9-10-15(27-14)23-17(26)22-13-7-5-4-6-8-13/h4-10H,2-3,11-12H2,1H3,(H2,22,23,26). The van der Waals surface area contributed by atoms with Crippen LogP contribution in [0.1, 0.15) is 29.4 Å². The van der Waals surface area contributed by atoms with Crippen molar-refractivity contribution >= 4 is 34.0 Å². The zero-order chi connectivity index (χ0) is 19.9. The number of hydrogen-bond donors (Lipinski definition) is 2. The van der Waals surface area contributed by atoms with Crippen LogP contribution in [0, 0.1) is 0 Å². The summed E-state index contributed by atoms with van der Waals surface area (Å²) in [4.78, 5) is 25.3. The van der Waals surface area contributed by atoms with Gasteiger partial charge in [-0.15, -0.1) is 11.3 Å². The van der Waals surface area contributed by atoms with Gasteiger partial charge in [0, 0.05) is 12.2 Å². The van der Waals surface area contributed by atoms with Gasteiger partial charge in [-0.3, -0.25) is 10.1 Å². The van der Waals surface area contributed by atoms with Gasteiger partial charge in [-0.1, -0.05) is 31.5 Å². The van der Waals surface area contributed by atoms with Crippen LogP contribution in [-0.4, -0.2) is 36.1 Å². The van der Waals surface area contributed by atoms with E-state index in [1.165, 1.54) is 12.1 Å². The molecule has 2 N–H and O–H groups in total. The molecular weight excluding hydrogens is 379 g/mol. The van der Waals surface area contributed by atoms with Crippen LogP contribution < -0.4 is 10.6 Å². The van der Waals surface area contributed by atoms with E-state index in [-0.39, 0.29) is 11.4 Å². The van der Waals surface area contributed by atoms with E-state index < -0.39 is 24.7 Å². The number of amides is 3. The van der Waals surface area contributed by atoms with E-state index in [4.69, 9.17) is 0 Å². The Bertz CT molecular complexity index is 763. The molecule has 1 aromatic heterocycles. The molecular formula is C18H20F3N3O2S. The monoisotopic (exact) mass is 399 g/mol. The zero-order valence-electron chi connectivity index (χ0n) is 14.7. The van der Waals surface area contributed by atoms with Gasteiger partial charge in [-0.05, 0) is 30.7 Å². The first-order valence-corrected chi connectivity index (χ1v) is 9.19. The Kier molecular flexibility index (Phi) is 7.23. The average Bonchev–Trinajstić information content (AvgIpc) is 3.06. The molecule has 27 heavy (non-hydrogen) atoms. The van der Waals surface area contributed by atoms with Gasteiger partial charge in [0.15, 0.2) is 0 Å². The maximum atomic E-state index is 12.7. The lowest BCUT2D eigenvalue weighted by Crippen LogP contribution is -2.39. The van der Waals surface area contributed by atoms with Crippen molar-refractivity contribution < 1.29 is 22.8 Å². The molecule has 2 aromatic rings. The predicted molar refractivity (Wildman–Crippen MR) is 100 cm³/mol. The van der Waals surface area contributed by atoms with E-state index in [9.17, 15) is 22.8 Å². The highest BCUT2D eigenvalue weighted by Crippen LogP contribution is 2.25. The molecule has 0 saturated heterocycles. The van der Waals surface area contributed by atoms with E-state index in [2.05, 4.69) is 10.6 Å². The van der Waals surface area contributed by atoms with Crippen LogP contribution >= 0.6 is 11.3 Å². The molecule has 0 aliphatic rings. The Hall–Kier alpha value is -2.55. The van der Waals surface area contributed by atoms with Gasteiger partial charge in [-0.25, -0.2) is 4.79 Å². The van der Waals surface area contributed by atoms with Crippen molar-refractivity contribution in [2.75, 3.05) is 23.7 Å². The number of hydrogen-bond acceptors (Lipinski definition) is 3. The maximum Gasteiger partial charge on any atom is 0.406 e. The van der Waals surface area contributed by atoms with Crippen molar-refractivity contribution in [2.45, 2.75) is 25.9 Å². The average molecular weight is 399 g/mol. The lowest BCUT2D eigenvalue weighted by Gasteiger charge is -2.23. The Morgan fingerprint density at radius 2 is 1.78 bits per heavy atom. The van der Waals surface area contributed by atoms with Crippen molar-refractivity contribution in [3.8, 4) is 0 Å². The fourth-order valence-electron chi connectivity index (χ4n) is 2.29. The second-order valence-corrected chi connectivity index (χ2v) is 6.89. The number of carbonyl (C=O) groups is 2. The fraction of sp³-hybridized carbons (Fsp3) is 0.333. The molecule has 2 rings (SSSR count). The van der Waals surface area contributed by atoms with E-state index in [1.54, 1.807) is 24.3 Å². The normalized spacial score (nSPS) is 11.1. The predicted octanol–water partition coefficient (Wildman–Crippen LogP) is 5.20. The van der Waals surface area contributed by atoms with E-state index >= 15 is 0 Å². The summed E-state index contributed by atoms with van der Waals surface area (Å²) in [6.07, 6.45) is -3.30.